The minimum Gasteiger partial charge on any atom is -0.493 e. The molecule has 0 spiro atoms. The summed E-state index contributed by atoms with van der Waals surface area (Å²) < 4.78 is 37.6. The van der Waals surface area contributed by atoms with E-state index in [1.54, 1.807) is 24.3 Å². The molecule has 0 fully saturated rings. The molecular weight excluding hydrogens is 424 g/mol. The molecule has 9 heteroatoms. The van der Waals surface area contributed by atoms with Crippen LogP contribution >= 0.6 is 15.9 Å². The van der Waals surface area contributed by atoms with E-state index >= 15 is 0 Å². The van der Waals surface area contributed by atoms with Crippen molar-refractivity contribution in [1.29, 1.82) is 0 Å². The maximum absolute atomic E-state index is 12.1. The van der Waals surface area contributed by atoms with Gasteiger partial charge >= 0.3 is 0 Å². The number of sulfonamides is 1. The molecule has 0 saturated heterocycles. The molecule has 2 aromatic rings. The van der Waals surface area contributed by atoms with E-state index in [4.69, 9.17) is 9.47 Å². The Balaban J connectivity index is 1.92. The zero-order chi connectivity index (χ0) is 19.2. The molecule has 0 radical (unpaired) electrons. The molecular formula is C17H19BrN2O5S. The van der Waals surface area contributed by atoms with Gasteiger partial charge in [-0.15, -0.1) is 0 Å². The van der Waals surface area contributed by atoms with Crippen LogP contribution < -0.4 is 14.2 Å². The molecule has 7 nitrogen and oxygen atoms in total. The van der Waals surface area contributed by atoms with Crippen LogP contribution in [0.2, 0.25) is 0 Å². The smallest absolute Gasteiger partial charge is 0.281 e. The Hall–Kier alpha value is -2.13. The summed E-state index contributed by atoms with van der Waals surface area (Å²) in [4.78, 5) is 15.6. The number of benzene rings is 1. The van der Waals surface area contributed by atoms with Crippen LogP contribution in [0.15, 0.2) is 52.1 Å². The first-order chi connectivity index (χ1) is 12.3. The number of halogens is 1. The van der Waals surface area contributed by atoms with E-state index < -0.39 is 22.5 Å². The molecule has 0 aliphatic carbocycles. The van der Waals surface area contributed by atoms with Crippen molar-refractivity contribution in [3.63, 3.8) is 0 Å². The third-order valence-corrected chi connectivity index (χ3v) is 4.74. The summed E-state index contributed by atoms with van der Waals surface area (Å²) in [5, 5.41) is -0.252. The fourth-order valence-corrected chi connectivity index (χ4v) is 2.95. The average Bonchev–Trinajstić information content (AvgIpc) is 2.58. The van der Waals surface area contributed by atoms with Crippen LogP contribution in [-0.4, -0.2) is 32.5 Å². The molecule has 1 amide bonds. The number of hydrogen-bond acceptors (Lipinski definition) is 6. The number of nitrogens with one attached hydrogen (secondary N) is 1. The van der Waals surface area contributed by atoms with Gasteiger partial charge in [0, 0.05) is 16.7 Å². The Labute approximate surface area is 160 Å². The number of carbonyl (C=O) groups is 1. The highest BCUT2D eigenvalue weighted by Gasteiger charge is 2.19. The number of hydrogen-bond donors (Lipinski definition) is 1. The minimum atomic E-state index is -4.04. The van der Waals surface area contributed by atoms with Crippen molar-refractivity contribution in [2.24, 2.45) is 5.92 Å². The summed E-state index contributed by atoms with van der Waals surface area (Å²) in [5.41, 5.74) is 0. The van der Waals surface area contributed by atoms with Crippen molar-refractivity contribution in [3.8, 4) is 11.5 Å². The van der Waals surface area contributed by atoms with Gasteiger partial charge < -0.3 is 9.47 Å². The number of aromatic nitrogens is 1. The maximum Gasteiger partial charge on any atom is 0.281 e. The highest BCUT2D eigenvalue weighted by Crippen LogP contribution is 2.20. The molecule has 0 saturated carbocycles. The summed E-state index contributed by atoms with van der Waals surface area (Å²) in [6.07, 6.45) is 1.33. The third-order valence-electron chi connectivity index (χ3n) is 2.98. The molecule has 140 valence electrons. The lowest BCUT2D eigenvalue weighted by molar-refractivity contribution is -0.121. The Morgan fingerprint density at radius 1 is 1.19 bits per heavy atom. The van der Waals surface area contributed by atoms with Gasteiger partial charge in [0.25, 0.3) is 15.9 Å². The Morgan fingerprint density at radius 2 is 1.88 bits per heavy atom. The minimum absolute atomic E-state index is 0.252. The summed E-state index contributed by atoms with van der Waals surface area (Å²) in [7, 11) is -4.04. The standard InChI is InChI=1S/C17H19BrN2O5S/c1-12(2)10-24-14-4-3-5-15(8-14)25-11-16(21)20-26(22,23)17-7-6-13(18)9-19-17/h3-9,12H,10-11H2,1-2H3,(H,20,21). The average molecular weight is 443 g/mol. The molecule has 1 aromatic heterocycles. The van der Waals surface area contributed by atoms with Gasteiger partial charge in [0.05, 0.1) is 6.61 Å². The van der Waals surface area contributed by atoms with E-state index in [-0.39, 0.29) is 5.03 Å². The molecule has 26 heavy (non-hydrogen) atoms. The zero-order valence-corrected chi connectivity index (χ0v) is 16.7. The van der Waals surface area contributed by atoms with Crippen molar-refractivity contribution >= 4 is 31.9 Å². The lowest BCUT2D eigenvalue weighted by Crippen LogP contribution is -2.34. The molecule has 0 aliphatic heterocycles. The molecule has 0 aliphatic rings. The van der Waals surface area contributed by atoms with Crippen LogP contribution in [-0.2, 0) is 14.8 Å². The maximum atomic E-state index is 12.1. The topological polar surface area (TPSA) is 94.6 Å². The predicted molar refractivity (Wildman–Crippen MR) is 99.5 cm³/mol. The third kappa shape index (κ3) is 6.30. The van der Waals surface area contributed by atoms with E-state index in [1.165, 1.54) is 18.3 Å². The van der Waals surface area contributed by atoms with Crippen molar-refractivity contribution in [1.82, 2.24) is 9.71 Å². The molecule has 1 N–H and O–H groups in total. The number of pyridine rings is 1. The van der Waals surface area contributed by atoms with Crippen molar-refractivity contribution in [3.05, 3.63) is 47.1 Å². The molecule has 1 heterocycles. The molecule has 2 rings (SSSR count). The Kier molecular flexibility index (Phi) is 6.98. The van der Waals surface area contributed by atoms with Gasteiger partial charge in [0.15, 0.2) is 11.6 Å². The van der Waals surface area contributed by atoms with Gasteiger partial charge in [0.1, 0.15) is 11.5 Å². The monoisotopic (exact) mass is 442 g/mol. The van der Waals surface area contributed by atoms with Gasteiger partial charge in [-0.1, -0.05) is 19.9 Å². The van der Waals surface area contributed by atoms with Gasteiger partial charge in [-0.3, -0.25) is 4.79 Å². The number of rotatable bonds is 8. The second-order valence-electron chi connectivity index (χ2n) is 5.81. The second-order valence-corrected chi connectivity index (χ2v) is 8.36. The Morgan fingerprint density at radius 3 is 2.50 bits per heavy atom. The number of amides is 1. The van der Waals surface area contributed by atoms with E-state index in [2.05, 4.69) is 20.9 Å². The number of carbonyl (C=O) groups excluding carboxylic acids is 1. The summed E-state index contributed by atoms with van der Waals surface area (Å²) >= 11 is 3.16. The van der Waals surface area contributed by atoms with Crippen LogP contribution in [0.25, 0.3) is 0 Å². The largest absolute Gasteiger partial charge is 0.493 e. The SMILES string of the molecule is CC(C)COc1cccc(OCC(=O)NS(=O)(=O)c2ccc(Br)cn2)c1. The normalized spacial score (nSPS) is 11.2. The van der Waals surface area contributed by atoms with Crippen LogP contribution in [0.4, 0.5) is 0 Å². The molecule has 0 bridgehead atoms. The first-order valence-electron chi connectivity index (χ1n) is 7.79. The lowest BCUT2D eigenvalue weighted by atomic mass is 10.2. The first-order valence-corrected chi connectivity index (χ1v) is 10.1. The van der Waals surface area contributed by atoms with Crippen LogP contribution in [0, 0.1) is 5.92 Å². The highest BCUT2D eigenvalue weighted by molar-refractivity contribution is 9.10. The van der Waals surface area contributed by atoms with E-state index in [0.29, 0.717) is 28.5 Å². The van der Waals surface area contributed by atoms with Crippen molar-refractivity contribution < 1.29 is 22.7 Å². The second kappa shape index (κ2) is 9.00. The Bertz CT molecular complexity index is 854. The zero-order valence-electron chi connectivity index (χ0n) is 14.3. The van der Waals surface area contributed by atoms with Gasteiger partial charge in [-0.2, -0.15) is 8.42 Å². The fourth-order valence-electron chi connectivity index (χ4n) is 1.82. The van der Waals surface area contributed by atoms with Crippen molar-refractivity contribution in [2.45, 2.75) is 18.9 Å². The van der Waals surface area contributed by atoms with E-state index in [1.807, 2.05) is 18.6 Å². The van der Waals surface area contributed by atoms with Crippen LogP contribution in [0.1, 0.15) is 13.8 Å². The quantitative estimate of drug-likeness (QED) is 0.675. The summed E-state index contributed by atoms with van der Waals surface area (Å²) in [5.74, 6) is 0.592. The van der Waals surface area contributed by atoms with Crippen LogP contribution in [0.3, 0.4) is 0 Å². The molecule has 0 unspecified atom stereocenters. The van der Waals surface area contributed by atoms with Crippen molar-refractivity contribution in [2.75, 3.05) is 13.2 Å². The number of nitrogens with zero attached hydrogens (tertiary/aromatic N) is 1. The first kappa shape index (κ1) is 20.2. The van der Waals surface area contributed by atoms with Gasteiger partial charge in [-0.25, -0.2) is 9.71 Å². The van der Waals surface area contributed by atoms with E-state index in [9.17, 15) is 13.2 Å². The fraction of sp³-hybridized carbons (Fsp3) is 0.294. The summed E-state index contributed by atoms with van der Waals surface area (Å²) in [6.45, 7) is 4.17. The van der Waals surface area contributed by atoms with Gasteiger partial charge in [-0.05, 0) is 46.1 Å². The van der Waals surface area contributed by atoms with Gasteiger partial charge in [0.2, 0.25) is 0 Å². The molecule has 1 aromatic carbocycles. The van der Waals surface area contributed by atoms with Crippen LogP contribution in [0.5, 0.6) is 11.5 Å². The summed E-state index contributed by atoms with van der Waals surface area (Å²) in [6, 6.07) is 9.60. The highest BCUT2D eigenvalue weighted by atomic mass is 79.9. The lowest BCUT2D eigenvalue weighted by Gasteiger charge is -2.11. The molecule has 0 atom stereocenters. The van der Waals surface area contributed by atoms with E-state index in [0.717, 1.165) is 0 Å². The number of ether oxygens (including phenoxy) is 2. The predicted octanol–water partition coefficient (Wildman–Crippen LogP) is 2.76.